The van der Waals surface area contributed by atoms with Crippen molar-refractivity contribution in [2.45, 2.75) is 30.7 Å². The predicted octanol–water partition coefficient (Wildman–Crippen LogP) is -2.68. The van der Waals surface area contributed by atoms with Crippen LogP contribution < -0.4 is 0 Å². The molecule has 0 bridgehead atoms. The summed E-state index contributed by atoms with van der Waals surface area (Å²) in [6.07, 6.45) is -7.30. The molecule has 0 aliphatic carbocycles. The molecule has 1 radical (unpaired) electrons. The molecule has 1 heterocycles. The molecule has 1 rings (SSSR count). The number of hydrogen-bond acceptors (Lipinski definition) is 6. The number of hydrogen-bond donors (Lipinski definition) is 5. The fourth-order valence-corrected chi connectivity index (χ4v) is 1.01. The van der Waals surface area contributed by atoms with Gasteiger partial charge in [-0.25, -0.2) is 0 Å². The van der Waals surface area contributed by atoms with Gasteiger partial charge in [-0.1, -0.05) is 0 Å². The van der Waals surface area contributed by atoms with E-state index in [0.29, 0.717) is 6.61 Å². The van der Waals surface area contributed by atoms with Crippen LogP contribution in [0.2, 0.25) is 0 Å². The van der Waals surface area contributed by atoms with Gasteiger partial charge in [-0.05, 0) is 0 Å². The summed E-state index contributed by atoms with van der Waals surface area (Å²) < 4.78 is 4.52. The molecular formula is C6H11O6. The van der Waals surface area contributed by atoms with Crippen LogP contribution in [0, 0.1) is 6.61 Å². The van der Waals surface area contributed by atoms with Crippen molar-refractivity contribution in [1.29, 1.82) is 0 Å². The van der Waals surface area contributed by atoms with Crippen molar-refractivity contribution in [3.8, 4) is 0 Å². The fraction of sp³-hybridized carbons (Fsp3) is 0.833. The van der Waals surface area contributed by atoms with Gasteiger partial charge in [0.15, 0.2) is 6.29 Å². The molecule has 0 aromatic heterocycles. The van der Waals surface area contributed by atoms with Gasteiger partial charge >= 0.3 is 0 Å². The van der Waals surface area contributed by atoms with Gasteiger partial charge in [0.05, 0.1) is 0 Å². The first-order valence-corrected chi connectivity index (χ1v) is 3.43. The van der Waals surface area contributed by atoms with E-state index < -0.39 is 30.7 Å². The van der Waals surface area contributed by atoms with E-state index in [1.165, 1.54) is 0 Å². The van der Waals surface area contributed by atoms with E-state index in [0.717, 1.165) is 0 Å². The zero-order valence-electron chi connectivity index (χ0n) is 6.11. The highest BCUT2D eigenvalue weighted by Gasteiger charge is 2.42. The van der Waals surface area contributed by atoms with Crippen LogP contribution in [0.25, 0.3) is 0 Å². The molecule has 5 atom stereocenters. The van der Waals surface area contributed by atoms with E-state index in [4.69, 9.17) is 25.5 Å². The average molecular weight is 179 g/mol. The van der Waals surface area contributed by atoms with Crippen molar-refractivity contribution in [1.82, 2.24) is 0 Å². The topological polar surface area (TPSA) is 110 Å². The molecule has 1 aliphatic rings. The fourth-order valence-electron chi connectivity index (χ4n) is 1.01. The van der Waals surface area contributed by atoms with E-state index in [1.807, 2.05) is 0 Å². The van der Waals surface area contributed by atoms with Crippen LogP contribution in [0.4, 0.5) is 0 Å². The maximum atomic E-state index is 9.09. The Bertz CT molecular complexity index is 146. The Hall–Kier alpha value is -0.240. The summed E-state index contributed by atoms with van der Waals surface area (Å²) in [6.45, 7) is 0.503. The Balaban J connectivity index is 2.63. The third-order valence-corrected chi connectivity index (χ3v) is 1.77. The average Bonchev–Trinajstić information content (AvgIpc) is 2.08. The van der Waals surface area contributed by atoms with Crippen LogP contribution in [0.15, 0.2) is 0 Å². The lowest BCUT2D eigenvalue weighted by Gasteiger charge is -2.37. The first kappa shape index (κ1) is 9.85. The van der Waals surface area contributed by atoms with Crippen molar-refractivity contribution in [3.05, 3.63) is 6.61 Å². The van der Waals surface area contributed by atoms with Crippen LogP contribution in [0.1, 0.15) is 0 Å². The lowest BCUT2D eigenvalue weighted by Crippen LogP contribution is -2.57. The van der Waals surface area contributed by atoms with E-state index >= 15 is 0 Å². The van der Waals surface area contributed by atoms with E-state index in [9.17, 15) is 0 Å². The first-order chi connectivity index (χ1) is 5.57. The van der Waals surface area contributed by atoms with Crippen molar-refractivity contribution in [3.63, 3.8) is 0 Å². The lowest BCUT2D eigenvalue weighted by molar-refractivity contribution is -0.279. The summed E-state index contributed by atoms with van der Waals surface area (Å²) in [5.74, 6) is 0. The van der Waals surface area contributed by atoms with Gasteiger partial charge in [0.2, 0.25) is 0 Å². The quantitative estimate of drug-likeness (QED) is 0.300. The number of ether oxygens (including phenoxy) is 1. The Morgan fingerprint density at radius 3 is 2.00 bits per heavy atom. The molecule has 5 N–H and O–H groups in total. The molecule has 6 heteroatoms. The summed E-state index contributed by atoms with van der Waals surface area (Å²) in [4.78, 5) is 0. The van der Waals surface area contributed by atoms with E-state index in [2.05, 4.69) is 4.74 Å². The minimum atomic E-state index is -1.60. The largest absolute Gasteiger partial charge is 0.387 e. The minimum absolute atomic E-state index is 0.503. The number of aliphatic hydroxyl groups excluding tert-OH is 5. The molecule has 1 fully saturated rings. The second-order valence-electron chi connectivity index (χ2n) is 2.61. The molecule has 0 aromatic carbocycles. The summed E-state index contributed by atoms with van der Waals surface area (Å²) in [5.41, 5.74) is 0. The molecule has 71 valence electrons. The number of rotatable bonds is 1. The third-order valence-electron chi connectivity index (χ3n) is 1.77. The van der Waals surface area contributed by atoms with Gasteiger partial charge in [-0.2, -0.15) is 0 Å². The molecule has 0 amide bonds. The second kappa shape index (κ2) is 3.65. The number of aliphatic hydroxyl groups is 5. The summed E-state index contributed by atoms with van der Waals surface area (Å²) in [7, 11) is 0. The molecule has 1 saturated heterocycles. The van der Waals surface area contributed by atoms with Crippen LogP contribution in [0.3, 0.4) is 0 Å². The van der Waals surface area contributed by atoms with Gasteiger partial charge in [0, 0.05) is 0 Å². The highest BCUT2D eigenvalue weighted by molar-refractivity contribution is 4.91. The van der Waals surface area contributed by atoms with Crippen molar-refractivity contribution < 1.29 is 30.3 Å². The molecule has 1 unspecified atom stereocenters. The second-order valence-corrected chi connectivity index (χ2v) is 2.61. The van der Waals surface area contributed by atoms with Gasteiger partial charge in [-0.3, -0.25) is 0 Å². The molecule has 0 aromatic rings. The van der Waals surface area contributed by atoms with Crippen LogP contribution in [0.5, 0.6) is 0 Å². The Morgan fingerprint density at radius 1 is 0.917 bits per heavy atom. The van der Waals surface area contributed by atoms with Crippen LogP contribution in [-0.4, -0.2) is 56.2 Å². The van der Waals surface area contributed by atoms with Crippen molar-refractivity contribution in [2.24, 2.45) is 0 Å². The molecule has 0 saturated carbocycles. The zero-order chi connectivity index (χ0) is 9.30. The van der Waals surface area contributed by atoms with Crippen molar-refractivity contribution >= 4 is 0 Å². The van der Waals surface area contributed by atoms with Gasteiger partial charge < -0.3 is 30.3 Å². The molecule has 6 nitrogen and oxygen atoms in total. The molecule has 0 spiro atoms. The Labute approximate surface area is 68.6 Å². The van der Waals surface area contributed by atoms with E-state index in [-0.39, 0.29) is 0 Å². The maximum absolute atomic E-state index is 9.09. The molecule has 1 aliphatic heterocycles. The highest BCUT2D eigenvalue weighted by atomic mass is 16.6. The lowest BCUT2D eigenvalue weighted by atomic mass is 10.00. The minimum Gasteiger partial charge on any atom is -0.387 e. The van der Waals surface area contributed by atoms with Gasteiger partial charge in [0.25, 0.3) is 0 Å². The smallest absolute Gasteiger partial charge is 0.184 e. The van der Waals surface area contributed by atoms with Crippen LogP contribution >= 0.6 is 0 Å². The van der Waals surface area contributed by atoms with Gasteiger partial charge in [0.1, 0.15) is 31.0 Å². The maximum Gasteiger partial charge on any atom is 0.184 e. The van der Waals surface area contributed by atoms with Gasteiger partial charge in [-0.15, -0.1) is 0 Å². The zero-order valence-corrected chi connectivity index (χ0v) is 6.11. The Kier molecular flexibility index (Phi) is 2.99. The van der Waals surface area contributed by atoms with E-state index in [1.54, 1.807) is 0 Å². The monoisotopic (exact) mass is 179 g/mol. The molecule has 12 heavy (non-hydrogen) atoms. The standard InChI is InChI=1S/C6H11O6/c7-1-2-3(8)4(9)5(10)6(11)12-2/h1-11H/t2-,3-,4+,5-,6?/m1/s1. The SMILES string of the molecule is O[CH][C@H]1OC(O)[C@H](O)[C@@H](O)[C@@H]1O. The molecular weight excluding hydrogens is 168 g/mol. The van der Waals surface area contributed by atoms with Crippen LogP contribution in [-0.2, 0) is 4.74 Å². The third kappa shape index (κ3) is 1.58. The normalized spacial score (nSPS) is 49.2. The Morgan fingerprint density at radius 2 is 1.50 bits per heavy atom. The van der Waals surface area contributed by atoms with Crippen molar-refractivity contribution in [2.75, 3.05) is 0 Å². The summed E-state index contributed by atoms with van der Waals surface area (Å²) in [5, 5.41) is 44.4. The summed E-state index contributed by atoms with van der Waals surface area (Å²) in [6, 6.07) is 0. The first-order valence-electron chi connectivity index (χ1n) is 3.43. The predicted molar refractivity (Wildman–Crippen MR) is 35.1 cm³/mol. The highest BCUT2D eigenvalue weighted by Crippen LogP contribution is 2.20. The summed E-state index contributed by atoms with van der Waals surface area (Å²) >= 11 is 0.